The van der Waals surface area contributed by atoms with Crippen LogP contribution in [0.5, 0.6) is 0 Å². The summed E-state index contributed by atoms with van der Waals surface area (Å²) < 4.78 is 28.9. The molecule has 0 bridgehead atoms. The minimum atomic E-state index is -0.526. The molecule has 4 heteroatoms. The second-order valence-corrected chi connectivity index (χ2v) is 5.50. The van der Waals surface area contributed by atoms with Crippen molar-refractivity contribution in [3.05, 3.63) is 59.2 Å². The van der Waals surface area contributed by atoms with Gasteiger partial charge in [-0.2, -0.15) is 0 Å². The van der Waals surface area contributed by atoms with Gasteiger partial charge in [-0.05, 0) is 55.6 Å². The van der Waals surface area contributed by atoms with Gasteiger partial charge in [0.15, 0.2) is 0 Å². The summed E-state index contributed by atoms with van der Waals surface area (Å²) in [4.78, 5) is 1.76. The molecule has 2 aromatic carbocycles. The molecule has 1 atom stereocenters. The lowest BCUT2D eigenvalue weighted by Crippen LogP contribution is -2.26. The molecule has 0 radical (unpaired) electrons. The van der Waals surface area contributed by atoms with Crippen LogP contribution in [0.25, 0.3) is 0 Å². The number of benzene rings is 2. The highest BCUT2D eigenvalue weighted by atomic mass is 19.1. The van der Waals surface area contributed by atoms with Crippen molar-refractivity contribution >= 4 is 11.4 Å². The van der Waals surface area contributed by atoms with E-state index in [2.05, 4.69) is 0 Å². The van der Waals surface area contributed by atoms with Gasteiger partial charge in [0.2, 0.25) is 0 Å². The lowest BCUT2D eigenvalue weighted by Gasteiger charge is -2.26. The minimum Gasteiger partial charge on any atom is -0.333 e. The lowest BCUT2D eigenvalue weighted by atomic mass is 10.1. The number of para-hydroxylation sites is 1. The molecule has 0 fully saturated rings. The zero-order valence-electron chi connectivity index (χ0n) is 11.9. The van der Waals surface area contributed by atoms with Crippen molar-refractivity contribution in [2.24, 2.45) is 5.73 Å². The predicted octanol–water partition coefficient (Wildman–Crippen LogP) is 3.55. The first-order chi connectivity index (χ1) is 10.1. The normalized spacial score (nSPS) is 17.1. The van der Waals surface area contributed by atoms with E-state index in [1.807, 2.05) is 31.2 Å². The molecule has 2 N–H and O–H groups in total. The zero-order chi connectivity index (χ0) is 15.0. The largest absolute Gasteiger partial charge is 0.333 e. The lowest BCUT2D eigenvalue weighted by molar-refractivity contribution is 0.569. The fourth-order valence-electron chi connectivity index (χ4n) is 3.07. The number of nitrogens with zero attached hydrogens (tertiary/aromatic N) is 1. The van der Waals surface area contributed by atoms with Crippen molar-refractivity contribution in [1.82, 2.24) is 0 Å². The second-order valence-electron chi connectivity index (χ2n) is 5.50. The van der Waals surface area contributed by atoms with E-state index < -0.39 is 11.6 Å². The summed E-state index contributed by atoms with van der Waals surface area (Å²) >= 11 is 0. The van der Waals surface area contributed by atoms with Gasteiger partial charge >= 0.3 is 0 Å². The minimum absolute atomic E-state index is 0.0340. The topological polar surface area (TPSA) is 29.3 Å². The Bertz CT molecular complexity index is 647. The Hall–Kier alpha value is -1.94. The first-order valence-corrected chi connectivity index (χ1v) is 7.17. The number of halogens is 2. The van der Waals surface area contributed by atoms with Crippen LogP contribution in [0, 0.1) is 11.6 Å². The van der Waals surface area contributed by atoms with Gasteiger partial charge in [-0.3, -0.25) is 0 Å². The van der Waals surface area contributed by atoms with Gasteiger partial charge in [-0.15, -0.1) is 0 Å². The molecule has 0 saturated heterocycles. The molecule has 21 heavy (non-hydrogen) atoms. The molecule has 0 saturated carbocycles. The van der Waals surface area contributed by atoms with Gasteiger partial charge in [-0.25, -0.2) is 8.78 Å². The Balaban J connectivity index is 2.09. The monoisotopic (exact) mass is 288 g/mol. The summed E-state index contributed by atoms with van der Waals surface area (Å²) in [5.41, 5.74) is 8.08. The molecule has 1 unspecified atom stereocenters. The maximum Gasteiger partial charge on any atom is 0.150 e. The fraction of sp³-hybridized carbons (Fsp3) is 0.294. The Morgan fingerprint density at radius 3 is 2.52 bits per heavy atom. The summed E-state index contributed by atoms with van der Waals surface area (Å²) in [5.74, 6) is -1.05. The number of fused-ring (bicyclic) bond motifs is 1. The Kier molecular flexibility index (Phi) is 3.64. The zero-order valence-corrected chi connectivity index (χ0v) is 11.9. The second kappa shape index (κ2) is 5.45. The summed E-state index contributed by atoms with van der Waals surface area (Å²) in [7, 11) is 0. The van der Waals surface area contributed by atoms with Crippen LogP contribution in [-0.4, -0.2) is 12.6 Å². The van der Waals surface area contributed by atoms with Gasteiger partial charge in [0.05, 0.1) is 0 Å². The van der Waals surface area contributed by atoms with Crippen LogP contribution in [0.2, 0.25) is 0 Å². The Labute approximate surface area is 123 Å². The third kappa shape index (κ3) is 2.40. The van der Waals surface area contributed by atoms with Crippen molar-refractivity contribution in [1.29, 1.82) is 0 Å². The van der Waals surface area contributed by atoms with Crippen LogP contribution in [-0.2, 0) is 12.8 Å². The van der Waals surface area contributed by atoms with Gasteiger partial charge < -0.3 is 10.6 Å². The van der Waals surface area contributed by atoms with E-state index in [9.17, 15) is 8.78 Å². The molecule has 0 aromatic heterocycles. The number of nitrogens with two attached hydrogens (primary N) is 1. The highest BCUT2D eigenvalue weighted by Crippen LogP contribution is 2.40. The van der Waals surface area contributed by atoms with Crippen LogP contribution >= 0.6 is 0 Å². The summed E-state index contributed by atoms with van der Waals surface area (Å²) in [6, 6.07) is 10.6. The van der Waals surface area contributed by atoms with Crippen LogP contribution in [0.1, 0.15) is 18.1 Å². The van der Waals surface area contributed by atoms with Crippen molar-refractivity contribution in [3.63, 3.8) is 0 Å². The van der Waals surface area contributed by atoms with Crippen LogP contribution < -0.4 is 10.6 Å². The standard InChI is InChI=1S/C17H18F2N2/c1-11-8-13-4-2-3-5-16(13)21(11)17-14(18)9-12(6-7-20)10-15(17)19/h2-5,9-11H,6-8,20H2,1H3. The van der Waals surface area contributed by atoms with E-state index in [4.69, 9.17) is 5.73 Å². The number of hydrogen-bond donors (Lipinski definition) is 1. The average Bonchev–Trinajstić information content (AvgIpc) is 2.75. The van der Waals surface area contributed by atoms with E-state index in [0.29, 0.717) is 18.5 Å². The maximum atomic E-state index is 14.4. The Morgan fingerprint density at radius 2 is 1.86 bits per heavy atom. The molecule has 110 valence electrons. The maximum absolute atomic E-state index is 14.4. The average molecular weight is 288 g/mol. The number of rotatable bonds is 3. The molecule has 0 spiro atoms. The molecule has 3 rings (SSSR count). The first-order valence-electron chi connectivity index (χ1n) is 7.17. The summed E-state index contributed by atoms with van der Waals surface area (Å²) in [6.07, 6.45) is 1.26. The van der Waals surface area contributed by atoms with Crippen molar-refractivity contribution < 1.29 is 8.78 Å². The predicted molar refractivity (Wildman–Crippen MR) is 80.9 cm³/mol. The van der Waals surface area contributed by atoms with Gasteiger partial charge in [0.1, 0.15) is 17.3 Å². The quantitative estimate of drug-likeness (QED) is 0.936. The SMILES string of the molecule is CC1Cc2ccccc2N1c1c(F)cc(CCN)cc1F. The summed E-state index contributed by atoms with van der Waals surface area (Å²) in [5, 5.41) is 0. The van der Waals surface area contributed by atoms with Gasteiger partial charge in [0, 0.05) is 11.7 Å². The third-order valence-corrected chi connectivity index (χ3v) is 3.96. The molecule has 0 aliphatic carbocycles. The third-order valence-electron chi connectivity index (χ3n) is 3.96. The van der Waals surface area contributed by atoms with Gasteiger partial charge in [0.25, 0.3) is 0 Å². The molecule has 0 amide bonds. The van der Waals surface area contributed by atoms with E-state index >= 15 is 0 Å². The molecule has 1 heterocycles. The molecular weight excluding hydrogens is 270 g/mol. The summed E-state index contributed by atoms with van der Waals surface area (Å²) in [6.45, 7) is 2.36. The van der Waals surface area contributed by atoms with E-state index in [0.717, 1.165) is 17.7 Å². The first kappa shape index (κ1) is 14.0. The smallest absolute Gasteiger partial charge is 0.150 e. The molecule has 1 aliphatic heterocycles. The van der Waals surface area contributed by atoms with E-state index in [1.165, 1.54) is 12.1 Å². The highest BCUT2D eigenvalue weighted by Gasteiger charge is 2.30. The van der Waals surface area contributed by atoms with Crippen LogP contribution in [0.4, 0.5) is 20.2 Å². The van der Waals surface area contributed by atoms with Crippen molar-refractivity contribution in [2.75, 3.05) is 11.4 Å². The van der Waals surface area contributed by atoms with Crippen molar-refractivity contribution in [3.8, 4) is 0 Å². The van der Waals surface area contributed by atoms with Gasteiger partial charge in [-0.1, -0.05) is 18.2 Å². The van der Waals surface area contributed by atoms with E-state index in [-0.39, 0.29) is 11.7 Å². The van der Waals surface area contributed by atoms with E-state index in [1.54, 1.807) is 4.90 Å². The highest BCUT2D eigenvalue weighted by molar-refractivity contribution is 5.72. The van der Waals surface area contributed by atoms with Crippen LogP contribution in [0.3, 0.4) is 0 Å². The number of anilines is 2. The Morgan fingerprint density at radius 1 is 1.19 bits per heavy atom. The molecule has 1 aliphatic rings. The van der Waals surface area contributed by atoms with Crippen LogP contribution in [0.15, 0.2) is 36.4 Å². The molecule has 2 nitrogen and oxygen atoms in total. The number of hydrogen-bond acceptors (Lipinski definition) is 2. The molecular formula is C17H18F2N2. The van der Waals surface area contributed by atoms with Crippen molar-refractivity contribution in [2.45, 2.75) is 25.8 Å². The fourth-order valence-corrected chi connectivity index (χ4v) is 3.07. The molecule has 2 aromatic rings.